The topological polar surface area (TPSA) is 77.1 Å². The van der Waals surface area contributed by atoms with Gasteiger partial charge in [0.2, 0.25) is 6.29 Å². The Morgan fingerprint density at radius 2 is 1.75 bits per heavy atom. The summed E-state index contributed by atoms with van der Waals surface area (Å²) in [4.78, 5) is 4.89. The lowest BCUT2D eigenvalue weighted by molar-refractivity contribution is -0.142. The lowest BCUT2D eigenvalue weighted by Gasteiger charge is -2.29. The number of nitrogens with zero attached hydrogens (tertiary/aromatic N) is 6. The quantitative estimate of drug-likeness (QED) is 0.548. The molecule has 32 heavy (non-hydrogen) atoms. The minimum Gasteiger partial charge on any atom is -0.347 e. The second kappa shape index (κ2) is 9.75. The van der Waals surface area contributed by atoms with Gasteiger partial charge in [-0.2, -0.15) is 5.10 Å². The van der Waals surface area contributed by atoms with Gasteiger partial charge in [-0.05, 0) is 64.3 Å². The van der Waals surface area contributed by atoms with E-state index in [1.807, 2.05) is 20.0 Å². The Balaban J connectivity index is 1.49. The van der Waals surface area contributed by atoms with Crippen LogP contribution in [-0.2, 0) is 15.9 Å². The van der Waals surface area contributed by atoms with Crippen LogP contribution in [0.1, 0.15) is 58.6 Å². The number of allylic oxidation sites excluding steroid dienone is 2. The normalized spacial score (nSPS) is 20.3. The van der Waals surface area contributed by atoms with Gasteiger partial charge in [-0.1, -0.05) is 24.3 Å². The average molecular weight is 437 g/mol. The highest BCUT2D eigenvalue weighted by Gasteiger charge is 2.38. The Hall–Kier alpha value is -2.84. The summed E-state index contributed by atoms with van der Waals surface area (Å²) in [6.45, 7) is 11.3. The molecule has 2 aromatic rings. The average Bonchev–Trinajstić information content (AvgIpc) is 3.40. The summed E-state index contributed by atoms with van der Waals surface area (Å²) >= 11 is 0. The van der Waals surface area contributed by atoms with Crippen LogP contribution in [0.5, 0.6) is 0 Å². The van der Waals surface area contributed by atoms with E-state index in [2.05, 4.69) is 66.4 Å². The van der Waals surface area contributed by atoms with E-state index < -0.39 is 6.29 Å². The highest BCUT2D eigenvalue weighted by molar-refractivity contribution is 5.96. The Kier molecular flexibility index (Phi) is 6.81. The van der Waals surface area contributed by atoms with Crippen molar-refractivity contribution < 1.29 is 9.47 Å². The molecule has 0 aliphatic carbocycles. The zero-order chi connectivity index (χ0) is 22.7. The fraction of sp³-hybridized carbons (Fsp3) is 0.500. The van der Waals surface area contributed by atoms with Crippen molar-refractivity contribution in [2.24, 2.45) is 16.0 Å². The van der Waals surface area contributed by atoms with Crippen LogP contribution in [0.15, 0.2) is 52.3 Å². The number of aliphatic imine (C=N–C) groups is 1. The van der Waals surface area contributed by atoms with Crippen LogP contribution >= 0.6 is 0 Å². The molecule has 3 heterocycles. The molecule has 2 aliphatic heterocycles. The van der Waals surface area contributed by atoms with Crippen LogP contribution in [-0.4, -0.2) is 50.8 Å². The molecule has 1 aromatic carbocycles. The molecule has 0 saturated heterocycles. The number of fused-ring (bicyclic) bond motifs is 1. The molecule has 0 spiro atoms. The van der Waals surface area contributed by atoms with Gasteiger partial charge in [0.05, 0.1) is 11.9 Å². The molecule has 0 fully saturated rings. The molecule has 8 heteroatoms. The van der Waals surface area contributed by atoms with Crippen LogP contribution in [0.2, 0.25) is 0 Å². The van der Waals surface area contributed by atoms with Crippen molar-refractivity contribution in [1.29, 1.82) is 0 Å². The molecule has 4 rings (SSSR count). The molecule has 8 nitrogen and oxygen atoms in total. The van der Waals surface area contributed by atoms with Crippen molar-refractivity contribution in [3.63, 3.8) is 0 Å². The maximum Gasteiger partial charge on any atom is 0.204 e. The highest BCUT2D eigenvalue weighted by atomic mass is 16.7. The molecule has 2 unspecified atom stereocenters. The van der Waals surface area contributed by atoms with Gasteiger partial charge in [0.25, 0.3) is 0 Å². The number of hydrazone groups is 1. The molecular formula is C24H32N6O2. The largest absolute Gasteiger partial charge is 0.347 e. The van der Waals surface area contributed by atoms with Gasteiger partial charge in [-0.15, -0.1) is 5.10 Å². The summed E-state index contributed by atoms with van der Waals surface area (Å²) in [5.41, 5.74) is 6.30. The van der Waals surface area contributed by atoms with Crippen molar-refractivity contribution in [2.75, 3.05) is 13.2 Å². The Morgan fingerprint density at radius 1 is 1.03 bits per heavy atom. The molecule has 0 bridgehead atoms. The van der Waals surface area contributed by atoms with Crippen molar-refractivity contribution in [3.8, 4) is 5.69 Å². The maximum absolute atomic E-state index is 5.62. The molecular weight excluding hydrogens is 404 g/mol. The molecule has 0 radical (unpaired) electrons. The summed E-state index contributed by atoms with van der Waals surface area (Å²) in [5.74, 6) is 0.278. The Labute approximate surface area is 189 Å². The minimum atomic E-state index is -0.493. The van der Waals surface area contributed by atoms with Crippen molar-refractivity contribution in [2.45, 2.75) is 59.9 Å². The monoisotopic (exact) mass is 436 g/mol. The van der Waals surface area contributed by atoms with Crippen LogP contribution in [0, 0.1) is 5.92 Å². The molecule has 1 aromatic heterocycles. The number of hydrogen-bond acceptors (Lipinski definition) is 7. The van der Waals surface area contributed by atoms with Crippen LogP contribution in [0.25, 0.3) is 5.69 Å². The maximum atomic E-state index is 5.62. The lowest BCUT2D eigenvalue weighted by Crippen LogP contribution is -2.35. The zero-order valence-corrected chi connectivity index (χ0v) is 19.5. The summed E-state index contributed by atoms with van der Waals surface area (Å²) in [7, 11) is 0. The van der Waals surface area contributed by atoms with Crippen LogP contribution in [0.3, 0.4) is 0 Å². The van der Waals surface area contributed by atoms with Gasteiger partial charge in [0.1, 0.15) is 11.9 Å². The van der Waals surface area contributed by atoms with Gasteiger partial charge < -0.3 is 9.47 Å². The van der Waals surface area contributed by atoms with E-state index in [1.165, 1.54) is 11.3 Å². The third kappa shape index (κ3) is 4.52. The highest BCUT2D eigenvalue weighted by Crippen LogP contribution is 2.33. The number of hydrogen-bond donors (Lipinski definition) is 0. The van der Waals surface area contributed by atoms with Gasteiger partial charge in [-0.25, -0.2) is 9.69 Å². The number of ether oxygens (including phenoxy) is 2. The number of rotatable bonds is 9. The van der Waals surface area contributed by atoms with E-state index in [-0.39, 0.29) is 12.1 Å². The first-order chi connectivity index (χ1) is 15.5. The summed E-state index contributed by atoms with van der Waals surface area (Å²) in [6.07, 6.45) is 5.35. The van der Waals surface area contributed by atoms with Gasteiger partial charge in [-0.3, -0.25) is 4.99 Å². The third-order valence-corrected chi connectivity index (χ3v) is 5.80. The zero-order valence-electron chi connectivity index (χ0n) is 19.5. The minimum absolute atomic E-state index is 0.0570. The van der Waals surface area contributed by atoms with Gasteiger partial charge in [0, 0.05) is 36.3 Å². The predicted octanol–water partition coefficient (Wildman–Crippen LogP) is 4.28. The van der Waals surface area contributed by atoms with E-state index in [0.29, 0.717) is 18.9 Å². The first-order valence-corrected chi connectivity index (χ1v) is 11.4. The SMILES string of the molecule is CCOC(OCC)c1cn(-c2ccc(CC3C(CC)=NN4C(C)=CC(C)=NC34)cc2)nn1. The van der Waals surface area contributed by atoms with Gasteiger partial charge >= 0.3 is 0 Å². The summed E-state index contributed by atoms with van der Waals surface area (Å²) in [5, 5.41) is 15.4. The molecule has 0 saturated carbocycles. The van der Waals surface area contributed by atoms with E-state index in [1.54, 1.807) is 4.68 Å². The molecule has 2 aliphatic rings. The third-order valence-electron chi connectivity index (χ3n) is 5.80. The van der Waals surface area contributed by atoms with Crippen molar-refractivity contribution in [1.82, 2.24) is 20.0 Å². The molecule has 2 atom stereocenters. The fourth-order valence-corrected chi connectivity index (χ4v) is 4.29. The second-order valence-corrected chi connectivity index (χ2v) is 8.07. The van der Waals surface area contributed by atoms with Crippen molar-refractivity contribution >= 4 is 11.4 Å². The number of benzene rings is 1. The smallest absolute Gasteiger partial charge is 0.204 e. The van der Waals surface area contributed by atoms with E-state index in [0.717, 1.165) is 29.9 Å². The summed E-state index contributed by atoms with van der Waals surface area (Å²) < 4.78 is 13.0. The van der Waals surface area contributed by atoms with Crippen LogP contribution < -0.4 is 0 Å². The first kappa shape index (κ1) is 22.4. The lowest BCUT2D eigenvalue weighted by atomic mass is 9.91. The molecule has 0 amide bonds. The standard InChI is InChI=1S/C24H32N6O2/c1-6-21-20(23-25-16(4)13-17(5)30(23)27-21)14-18-9-11-19(12-10-18)29-15-22(26-28-29)24(31-7-2)32-8-3/h9-13,15,20,23-24H,6-8,14H2,1-5H3. The Bertz CT molecular complexity index is 1020. The predicted molar refractivity (Wildman–Crippen MR) is 125 cm³/mol. The molecule has 0 N–H and O–H groups in total. The summed E-state index contributed by atoms with van der Waals surface area (Å²) in [6, 6.07) is 8.44. The van der Waals surface area contributed by atoms with Gasteiger partial charge in [0.15, 0.2) is 0 Å². The fourth-order valence-electron chi connectivity index (χ4n) is 4.29. The van der Waals surface area contributed by atoms with E-state index in [9.17, 15) is 0 Å². The number of aromatic nitrogens is 3. The van der Waals surface area contributed by atoms with E-state index in [4.69, 9.17) is 19.6 Å². The van der Waals surface area contributed by atoms with Crippen molar-refractivity contribution in [3.05, 3.63) is 53.5 Å². The first-order valence-electron chi connectivity index (χ1n) is 11.4. The molecule has 170 valence electrons. The second-order valence-electron chi connectivity index (χ2n) is 8.07. The van der Waals surface area contributed by atoms with E-state index >= 15 is 0 Å². The van der Waals surface area contributed by atoms with Crippen LogP contribution in [0.4, 0.5) is 0 Å². The Morgan fingerprint density at radius 3 is 2.41 bits per heavy atom.